The quantitative estimate of drug-likeness (QED) is 0.0642. The molecule has 0 aliphatic heterocycles. The highest BCUT2D eigenvalue weighted by Crippen LogP contribution is 2.55. The molecule has 328 valence electrons. The van der Waals surface area contributed by atoms with E-state index < -0.39 is 0 Å². The average Bonchev–Trinajstić information content (AvgIpc) is 3.21. The van der Waals surface area contributed by atoms with Crippen LogP contribution in [0.2, 0.25) is 0 Å². The van der Waals surface area contributed by atoms with Gasteiger partial charge < -0.3 is 43.4 Å². The summed E-state index contributed by atoms with van der Waals surface area (Å²) in [6.07, 6.45) is 24.6. The van der Waals surface area contributed by atoms with Crippen molar-refractivity contribution in [1.29, 1.82) is 0 Å². The van der Waals surface area contributed by atoms with Gasteiger partial charge in [-0.3, -0.25) is 0 Å². The third kappa shape index (κ3) is 19.8. The van der Waals surface area contributed by atoms with E-state index >= 15 is 0 Å². The van der Waals surface area contributed by atoms with E-state index in [4.69, 9.17) is 33.2 Å². The highest BCUT2D eigenvalue weighted by Gasteiger charge is 2.28. The Hall–Kier alpha value is -3.36. The summed E-state index contributed by atoms with van der Waals surface area (Å²) >= 11 is 0. The van der Waals surface area contributed by atoms with Crippen molar-refractivity contribution in [3.05, 3.63) is 12.1 Å². The van der Waals surface area contributed by atoms with Crippen molar-refractivity contribution in [2.45, 2.75) is 196 Å². The first kappa shape index (κ1) is 49.8. The molecule has 0 unspecified atom stereocenters. The average molecular weight is 803 g/mol. The maximum Gasteiger partial charge on any atom is 0.211 e. The fourth-order valence-corrected chi connectivity index (χ4v) is 6.43. The van der Waals surface area contributed by atoms with E-state index in [2.05, 4.69) is 41.5 Å². The molecule has 0 fully saturated rings. The van der Waals surface area contributed by atoms with Gasteiger partial charge in [0.1, 0.15) is 0 Å². The number of rotatable bonds is 38. The standard InChI is InChI=1S/C48H82O9/c1-7-13-19-25-31-51-39-37-41(45(53-33-27-21-15-9-3)47(43(39)49)55-35-29-23-17-11-5)57-42-38-40(52-32-26-20-14-8-2)44(50)48(56-36-30-24-18-12-6)46(42)54-34-28-22-16-10-4/h37-38,49-50H,7-36H2,1-6H3. The Morgan fingerprint density at radius 2 is 0.544 bits per heavy atom. The van der Waals surface area contributed by atoms with Crippen LogP contribution in [-0.4, -0.2) is 49.9 Å². The van der Waals surface area contributed by atoms with Gasteiger partial charge in [-0.1, -0.05) is 157 Å². The summed E-state index contributed by atoms with van der Waals surface area (Å²) in [7, 11) is 0. The van der Waals surface area contributed by atoms with Crippen molar-refractivity contribution in [2.75, 3.05) is 39.6 Å². The van der Waals surface area contributed by atoms with Crippen LogP contribution in [0, 0.1) is 0 Å². The summed E-state index contributed by atoms with van der Waals surface area (Å²) in [5.74, 6) is 2.02. The van der Waals surface area contributed by atoms with Gasteiger partial charge in [-0.05, 0) is 38.5 Å². The highest BCUT2D eigenvalue weighted by atomic mass is 16.6. The summed E-state index contributed by atoms with van der Waals surface area (Å²) < 4.78 is 45.1. The number of aromatic hydroxyl groups is 2. The maximum atomic E-state index is 11.7. The molecule has 2 rings (SSSR count). The monoisotopic (exact) mass is 803 g/mol. The first-order valence-corrected chi connectivity index (χ1v) is 23.2. The predicted octanol–water partition coefficient (Wildman–Crippen LogP) is 14.6. The van der Waals surface area contributed by atoms with Crippen LogP contribution in [0.15, 0.2) is 12.1 Å². The van der Waals surface area contributed by atoms with E-state index in [-0.39, 0.29) is 34.5 Å². The molecular formula is C48H82O9. The molecule has 0 amide bonds. The number of unbranched alkanes of at least 4 members (excludes halogenated alkanes) is 18. The smallest absolute Gasteiger partial charge is 0.211 e. The Morgan fingerprint density at radius 3 is 0.807 bits per heavy atom. The van der Waals surface area contributed by atoms with Gasteiger partial charge in [-0.25, -0.2) is 0 Å². The molecule has 0 bridgehead atoms. The Balaban J connectivity index is 2.75. The molecule has 57 heavy (non-hydrogen) atoms. The third-order valence-electron chi connectivity index (χ3n) is 9.99. The molecule has 0 spiro atoms. The highest BCUT2D eigenvalue weighted by molar-refractivity contribution is 5.69. The zero-order chi connectivity index (χ0) is 41.4. The van der Waals surface area contributed by atoms with E-state index in [0.29, 0.717) is 62.6 Å². The van der Waals surface area contributed by atoms with Crippen LogP contribution in [0.4, 0.5) is 0 Å². The van der Waals surface area contributed by atoms with Crippen molar-refractivity contribution < 1.29 is 43.4 Å². The first-order chi connectivity index (χ1) is 28.0. The van der Waals surface area contributed by atoms with E-state index in [1.165, 1.54) is 0 Å². The molecule has 0 radical (unpaired) electrons. The van der Waals surface area contributed by atoms with Gasteiger partial charge in [0.2, 0.25) is 34.5 Å². The van der Waals surface area contributed by atoms with Gasteiger partial charge in [-0.15, -0.1) is 0 Å². The van der Waals surface area contributed by atoms with Gasteiger partial charge in [0.25, 0.3) is 0 Å². The lowest BCUT2D eigenvalue weighted by Crippen LogP contribution is -2.08. The Labute approximate surface area is 347 Å². The molecule has 0 heterocycles. The number of benzene rings is 2. The lowest BCUT2D eigenvalue weighted by atomic mass is 10.2. The Morgan fingerprint density at radius 1 is 0.298 bits per heavy atom. The minimum absolute atomic E-state index is 0.0952. The SMILES string of the molecule is CCCCCCOc1cc(Oc2cc(OCCCCCC)c(O)c(OCCCCCC)c2OCCCCCC)c(OCCCCCC)c(OCCCCCC)c1O. The number of ether oxygens (including phenoxy) is 7. The molecule has 0 saturated heterocycles. The number of phenols is 2. The molecule has 2 N–H and O–H groups in total. The number of hydrogen-bond acceptors (Lipinski definition) is 9. The van der Waals surface area contributed by atoms with E-state index in [1.807, 2.05) is 0 Å². The molecular weight excluding hydrogens is 721 g/mol. The minimum atomic E-state index is -0.0952. The molecule has 2 aromatic rings. The van der Waals surface area contributed by atoms with Crippen LogP contribution < -0.4 is 33.2 Å². The Bertz CT molecular complexity index is 1200. The van der Waals surface area contributed by atoms with Crippen molar-refractivity contribution in [2.24, 2.45) is 0 Å². The summed E-state index contributed by atoms with van der Waals surface area (Å²) in [5, 5.41) is 23.4. The first-order valence-electron chi connectivity index (χ1n) is 23.2. The number of hydrogen-bond donors (Lipinski definition) is 2. The summed E-state index contributed by atoms with van der Waals surface area (Å²) in [4.78, 5) is 0. The van der Waals surface area contributed by atoms with Crippen LogP contribution in [0.3, 0.4) is 0 Å². The van der Waals surface area contributed by atoms with Crippen LogP contribution in [0.25, 0.3) is 0 Å². The summed E-state index contributed by atoms with van der Waals surface area (Å²) in [6.45, 7) is 15.7. The zero-order valence-corrected chi connectivity index (χ0v) is 37.1. The van der Waals surface area contributed by atoms with Crippen LogP contribution >= 0.6 is 0 Å². The Kier molecular flexibility index (Phi) is 28.5. The van der Waals surface area contributed by atoms with Gasteiger partial charge in [0.05, 0.1) is 39.6 Å². The van der Waals surface area contributed by atoms with E-state index in [9.17, 15) is 10.2 Å². The lowest BCUT2D eigenvalue weighted by Gasteiger charge is -2.23. The predicted molar refractivity (Wildman–Crippen MR) is 234 cm³/mol. The second kappa shape index (κ2) is 32.6. The molecule has 9 heteroatoms. The summed E-state index contributed by atoms with van der Waals surface area (Å²) in [5.41, 5.74) is 0. The molecule has 9 nitrogen and oxygen atoms in total. The summed E-state index contributed by atoms with van der Waals surface area (Å²) in [6, 6.07) is 3.38. The van der Waals surface area contributed by atoms with Gasteiger partial charge in [-0.2, -0.15) is 0 Å². The second-order valence-corrected chi connectivity index (χ2v) is 15.3. The molecule has 2 aromatic carbocycles. The van der Waals surface area contributed by atoms with Gasteiger partial charge >= 0.3 is 0 Å². The topological polar surface area (TPSA) is 105 Å². The van der Waals surface area contributed by atoms with Gasteiger partial charge in [0.15, 0.2) is 23.0 Å². The largest absolute Gasteiger partial charge is 0.502 e. The third-order valence-corrected chi connectivity index (χ3v) is 9.99. The van der Waals surface area contributed by atoms with Gasteiger partial charge in [0, 0.05) is 12.1 Å². The van der Waals surface area contributed by atoms with Crippen molar-refractivity contribution in [1.82, 2.24) is 0 Å². The van der Waals surface area contributed by atoms with Crippen molar-refractivity contribution in [3.63, 3.8) is 0 Å². The van der Waals surface area contributed by atoms with Crippen molar-refractivity contribution in [3.8, 4) is 57.5 Å². The molecule has 0 atom stereocenters. The molecule has 0 saturated carbocycles. The van der Waals surface area contributed by atoms with Crippen molar-refractivity contribution >= 4 is 0 Å². The second-order valence-electron chi connectivity index (χ2n) is 15.3. The van der Waals surface area contributed by atoms with E-state index in [0.717, 1.165) is 154 Å². The maximum absolute atomic E-state index is 11.7. The van der Waals surface area contributed by atoms with Crippen LogP contribution in [0.5, 0.6) is 57.5 Å². The molecule has 0 aliphatic rings. The fraction of sp³-hybridized carbons (Fsp3) is 0.750. The van der Waals surface area contributed by atoms with E-state index in [1.54, 1.807) is 12.1 Å². The lowest BCUT2D eigenvalue weighted by molar-refractivity contribution is 0.224. The fourth-order valence-electron chi connectivity index (χ4n) is 6.43. The van der Waals surface area contributed by atoms with Crippen LogP contribution in [-0.2, 0) is 0 Å². The molecule has 0 aromatic heterocycles. The zero-order valence-electron chi connectivity index (χ0n) is 37.1. The van der Waals surface area contributed by atoms with Crippen LogP contribution in [0.1, 0.15) is 196 Å². The molecule has 0 aliphatic carbocycles. The number of phenolic OH excluding ortho intramolecular Hbond substituents is 2. The normalized spacial score (nSPS) is 11.1. The minimum Gasteiger partial charge on any atom is -0.502 e.